The lowest BCUT2D eigenvalue weighted by Crippen LogP contribution is -2.37. The van der Waals surface area contributed by atoms with E-state index in [1.54, 1.807) is 0 Å². The minimum Gasteiger partial charge on any atom is -0.468 e. The second-order valence-corrected chi connectivity index (χ2v) is 7.14. The molecule has 0 aromatic heterocycles. The van der Waals surface area contributed by atoms with Crippen molar-refractivity contribution in [2.75, 3.05) is 13.7 Å². The van der Waals surface area contributed by atoms with Crippen molar-refractivity contribution < 1.29 is 18.9 Å². The van der Waals surface area contributed by atoms with Crippen LogP contribution < -0.4 is 5.09 Å². The van der Waals surface area contributed by atoms with Crippen molar-refractivity contribution in [2.24, 2.45) is 5.92 Å². The number of hydrogen-bond acceptors (Lipinski definition) is 5. The van der Waals surface area contributed by atoms with Gasteiger partial charge in [-0.3, -0.25) is 4.79 Å². The first-order chi connectivity index (χ1) is 8.32. The van der Waals surface area contributed by atoms with Gasteiger partial charge in [0.05, 0.1) is 26.2 Å². The maximum Gasteiger partial charge on any atom is 0.323 e. The number of methoxy groups -OCH3 is 1. The van der Waals surface area contributed by atoms with Gasteiger partial charge in [-0.25, -0.2) is 5.09 Å². The SMILES string of the molecule is COC(=O)C(CC(C)C)NP(O)(=S)OCCC#N. The molecule has 0 bridgehead atoms. The van der Waals surface area contributed by atoms with Gasteiger partial charge in [-0.15, -0.1) is 0 Å². The number of nitrogens with one attached hydrogen (secondary N) is 1. The second-order valence-electron chi connectivity index (χ2n) is 4.10. The zero-order chi connectivity index (χ0) is 14.2. The van der Waals surface area contributed by atoms with Gasteiger partial charge in [-0.05, 0) is 24.1 Å². The summed E-state index contributed by atoms with van der Waals surface area (Å²) in [5, 5.41) is 11.0. The van der Waals surface area contributed by atoms with Crippen molar-refractivity contribution in [3.05, 3.63) is 0 Å². The van der Waals surface area contributed by atoms with Crippen LogP contribution in [0.25, 0.3) is 0 Å². The van der Waals surface area contributed by atoms with Crippen molar-refractivity contribution in [3.63, 3.8) is 0 Å². The maximum atomic E-state index is 11.5. The Kier molecular flexibility index (Phi) is 8.32. The molecule has 8 heteroatoms. The molecular weight excluding hydrogens is 275 g/mol. The van der Waals surface area contributed by atoms with E-state index in [1.807, 2.05) is 19.9 Å². The minimum atomic E-state index is -3.27. The highest BCUT2D eigenvalue weighted by atomic mass is 32.5. The molecule has 0 aromatic carbocycles. The van der Waals surface area contributed by atoms with Gasteiger partial charge < -0.3 is 14.2 Å². The van der Waals surface area contributed by atoms with Crippen molar-refractivity contribution in [3.8, 4) is 6.07 Å². The topological polar surface area (TPSA) is 91.6 Å². The van der Waals surface area contributed by atoms with Gasteiger partial charge in [0.2, 0.25) is 0 Å². The van der Waals surface area contributed by atoms with Gasteiger partial charge in [0.15, 0.2) is 0 Å². The largest absolute Gasteiger partial charge is 0.468 e. The van der Waals surface area contributed by atoms with E-state index < -0.39 is 18.7 Å². The highest BCUT2D eigenvalue weighted by Crippen LogP contribution is 2.38. The Bertz CT molecular complexity index is 356. The molecule has 0 saturated carbocycles. The second kappa shape index (κ2) is 8.57. The third-order valence-electron chi connectivity index (χ3n) is 1.99. The molecule has 0 aliphatic carbocycles. The van der Waals surface area contributed by atoms with E-state index in [4.69, 9.17) is 21.6 Å². The quantitative estimate of drug-likeness (QED) is 0.396. The van der Waals surface area contributed by atoms with E-state index in [0.29, 0.717) is 6.42 Å². The molecule has 0 radical (unpaired) electrons. The van der Waals surface area contributed by atoms with E-state index in [2.05, 4.69) is 9.82 Å². The van der Waals surface area contributed by atoms with Crippen LogP contribution >= 0.6 is 6.64 Å². The summed E-state index contributed by atoms with van der Waals surface area (Å²) in [6.07, 6.45) is 0.612. The number of carbonyl (C=O) groups excluding carboxylic acids is 1. The molecule has 2 N–H and O–H groups in total. The molecule has 0 saturated heterocycles. The molecule has 0 rings (SSSR count). The Labute approximate surface area is 112 Å². The molecule has 6 nitrogen and oxygen atoms in total. The molecule has 104 valence electrons. The fourth-order valence-electron chi connectivity index (χ4n) is 1.26. The Hall–Kier alpha value is -0.510. The van der Waals surface area contributed by atoms with Crippen molar-refractivity contribution in [1.29, 1.82) is 5.26 Å². The first-order valence-corrected chi connectivity index (χ1v) is 8.19. The fraction of sp³-hybridized carbons (Fsp3) is 0.800. The molecule has 2 unspecified atom stereocenters. The van der Waals surface area contributed by atoms with Gasteiger partial charge in [0.25, 0.3) is 6.64 Å². The summed E-state index contributed by atoms with van der Waals surface area (Å²) < 4.78 is 9.65. The number of nitrogens with zero attached hydrogens (tertiary/aromatic N) is 1. The number of carbonyl (C=O) groups is 1. The van der Waals surface area contributed by atoms with Crippen LogP contribution in [-0.4, -0.2) is 30.6 Å². The summed E-state index contributed by atoms with van der Waals surface area (Å²) in [7, 11) is 1.27. The summed E-state index contributed by atoms with van der Waals surface area (Å²) in [5.74, 6) is -0.258. The maximum absolute atomic E-state index is 11.5. The normalized spacial score (nSPS) is 15.8. The molecule has 0 aromatic rings. The monoisotopic (exact) mass is 294 g/mol. The zero-order valence-corrected chi connectivity index (χ0v) is 12.5. The van der Waals surface area contributed by atoms with Gasteiger partial charge in [-0.1, -0.05) is 13.8 Å². The van der Waals surface area contributed by atoms with E-state index >= 15 is 0 Å². The average Bonchev–Trinajstić information content (AvgIpc) is 2.26. The highest BCUT2D eigenvalue weighted by Gasteiger charge is 2.27. The van der Waals surface area contributed by atoms with E-state index in [-0.39, 0.29) is 18.9 Å². The van der Waals surface area contributed by atoms with Gasteiger partial charge in [0, 0.05) is 0 Å². The van der Waals surface area contributed by atoms with Crippen molar-refractivity contribution in [2.45, 2.75) is 32.7 Å². The summed E-state index contributed by atoms with van der Waals surface area (Å²) in [4.78, 5) is 21.4. The smallest absolute Gasteiger partial charge is 0.323 e. The standard InChI is InChI=1S/C10H19N2O4PS/c1-8(2)7-9(10(13)15-3)12-17(14,18)16-6-4-5-11/h8-9H,4,6-7H2,1-3H3,(H2,12,14,18). The summed E-state index contributed by atoms with van der Waals surface area (Å²) in [6, 6.07) is 1.17. The van der Waals surface area contributed by atoms with E-state index in [0.717, 1.165) is 0 Å². The van der Waals surface area contributed by atoms with Crippen LogP contribution in [0.5, 0.6) is 0 Å². The van der Waals surface area contributed by atoms with Crippen LogP contribution in [0.15, 0.2) is 0 Å². The molecule has 0 amide bonds. The molecule has 2 atom stereocenters. The third-order valence-corrected chi connectivity index (χ3v) is 3.79. The van der Waals surface area contributed by atoms with E-state index in [1.165, 1.54) is 7.11 Å². The Morgan fingerprint density at radius 1 is 1.61 bits per heavy atom. The number of rotatable bonds is 8. The molecule has 0 fully saturated rings. The van der Waals surface area contributed by atoms with Crippen LogP contribution in [0.4, 0.5) is 0 Å². The molecule has 0 aliphatic heterocycles. The summed E-state index contributed by atoms with van der Waals surface area (Å²) in [5.41, 5.74) is 0. The number of hydrogen-bond donors (Lipinski definition) is 2. The summed E-state index contributed by atoms with van der Waals surface area (Å²) >= 11 is 4.87. The van der Waals surface area contributed by atoms with Crippen LogP contribution in [0.1, 0.15) is 26.7 Å². The predicted molar refractivity (Wildman–Crippen MR) is 71.1 cm³/mol. The first kappa shape index (κ1) is 17.5. The first-order valence-electron chi connectivity index (χ1n) is 5.52. The summed E-state index contributed by atoms with van der Waals surface area (Å²) in [6.45, 7) is 0.643. The zero-order valence-electron chi connectivity index (χ0n) is 10.8. The number of esters is 1. The Balaban J connectivity index is 4.50. The van der Waals surface area contributed by atoms with Crippen molar-refractivity contribution >= 4 is 24.4 Å². The molecule has 0 aliphatic rings. The fourth-order valence-corrected chi connectivity index (χ4v) is 2.89. The van der Waals surface area contributed by atoms with Crippen LogP contribution in [0, 0.1) is 17.2 Å². The van der Waals surface area contributed by atoms with Gasteiger partial charge >= 0.3 is 5.97 Å². The molecule has 18 heavy (non-hydrogen) atoms. The van der Waals surface area contributed by atoms with Gasteiger partial charge in [0.1, 0.15) is 6.04 Å². The molecule has 0 heterocycles. The predicted octanol–water partition coefficient (Wildman–Crippen LogP) is 1.31. The Morgan fingerprint density at radius 3 is 2.67 bits per heavy atom. The molecular formula is C10H19N2O4PS. The minimum absolute atomic E-state index is 0.0346. The average molecular weight is 294 g/mol. The highest BCUT2D eigenvalue weighted by molar-refractivity contribution is 8.08. The van der Waals surface area contributed by atoms with Gasteiger partial charge in [-0.2, -0.15) is 5.26 Å². The number of nitriles is 1. The molecule has 0 spiro atoms. The Morgan fingerprint density at radius 2 is 2.22 bits per heavy atom. The lowest BCUT2D eigenvalue weighted by Gasteiger charge is -2.23. The van der Waals surface area contributed by atoms with Crippen LogP contribution in [-0.2, 0) is 25.9 Å². The lowest BCUT2D eigenvalue weighted by molar-refractivity contribution is -0.143. The van der Waals surface area contributed by atoms with Crippen LogP contribution in [0.2, 0.25) is 0 Å². The number of ether oxygens (including phenoxy) is 1. The third kappa shape index (κ3) is 7.75. The lowest BCUT2D eigenvalue weighted by atomic mass is 10.1. The van der Waals surface area contributed by atoms with Crippen molar-refractivity contribution in [1.82, 2.24) is 5.09 Å². The van der Waals surface area contributed by atoms with E-state index in [9.17, 15) is 9.69 Å². The van der Waals surface area contributed by atoms with Crippen LogP contribution in [0.3, 0.4) is 0 Å².